The van der Waals surface area contributed by atoms with Crippen molar-refractivity contribution >= 4 is 5.82 Å². The lowest BCUT2D eigenvalue weighted by Gasteiger charge is -2.06. The van der Waals surface area contributed by atoms with Crippen LogP contribution in [0.3, 0.4) is 0 Å². The molecule has 5 heteroatoms. The van der Waals surface area contributed by atoms with Gasteiger partial charge in [-0.05, 0) is 19.1 Å². The largest absolute Gasteiger partial charge is 0.369 e. The maximum absolute atomic E-state index is 4.40. The first-order valence-corrected chi connectivity index (χ1v) is 6.54. The molecule has 2 aromatic heterocycles. The van der Waals surface area contributed by atoms with Crippen molar-refractivity contribution in [1.29, 1.82) is 0 Å². The summed E-state index contributed by atoms with van der Waals surface area (Å²) in [5.74, 6) is 0.780. The van der Waals surface area contributed by atoms with E-state index in [2.05, 4.69) is 20.4 Å². The highest BCUT2D eigenvalue weighted by Crippen LogP contribution is 2.23. The third kappa shape index (κ3) is 2.38. The maximum Gasteiger partial charge on any atom is 0.152 e. The van der Waals surface area contributed by atoms with Crippen LogP contribution in [0.4, 0.5) is 5.82 Å². The second-order valence-corrected chi connectivity index (χ2v) is 4.29. The smallest absolute Gasteiger partial charge is 0.152 e. The minimum Gasteiger partial charge on any atom is -0.369 e. The van der Waals surface area contributed by atoms with E-state index >= 15 is 0 Å². The Labute approximate surface area is 117 Å². The Morgan fingerprint density at radius 2 is 1.90 bits per heavy atom. The summed E-state index contributed by atoms with van der Waals surface area (Å²) in [6.45, 7) is 2.84. The third-order valence-electron chi connectivity index (χ3n) is 2.92. The van der Waals surface area contributed by atoms with E-state index in [1.807, 2.05) is 48.1 Å². The first-order valence-electron chi connectivity index (χ1n) is 6.54. The molecule has 0 aliphatic carbocycles. The fourth-order valence-corrected chi connectivity index (χ4v) is 2.01. The average molecular weight is 265 g/mol. The highest BCUT2D eigenvalue weighted by molar-refractivity contribution is 5.70. The molecule has 0 aliphatic heterocycles. The number of hydrogen-bond donors (Lipinski definition) is 1. The predicted molar refractivity (Wildman–Crippen MR) is 78.8 cm³/mol. The third-order valence-corrected chi connectivity index (χ3v) is 2.92. The first-order chi connectivity index (χ1) is 9.88. The number of hydrogen-bond acceptors (Lipinski definition) is 4. The minimum absolute atomic E-state index is 0.780. The van der Waals surface area contributed by atoms with Crippen LogP contribution in [0.25, 0.3) is 16.9 Å². The normalized spacial score (nSPS) is 10.4. The number of benzene rings is 1. The Kier molecular flexibility index (Phi) is 3.41. The van der Waals surface area contributed by atoms with E-state index in [1.54, 1.807) is 18.6 Å². The molecule has 0 unspecified atom stereocenters. The molecule has 1 aromatic carbocycles. The molecule has 0 saturated carbocycles. The van der Waals surface area contributed by atoms with Gasteiger partial charge in [0, 0.05) is 30.7 Å². The zero-order valence-corrected chi connectivity index (χ0v) is 11.2. The summed E-state index contributed by atoms with van der Waals surface area (Å²) in [6, 6.07) is 9.99. The van der Waals surface area contributed by atoms with Crippen molar-refractivity contribution in [3.63, 3.8) is 0 Å². The molecule has 2 heterocycles. The molecule has 0 bridgehead atoms. The summed E-state index contributed by atoms with van der Waals surface area (Å²) in [7, 11) is 0. The van der Waals surface area contributed by atoms with Crippen LogP contribution >= 0.6 is 0 Å². The van der Waals surface area contributed by atoms with E-state index in [0.29, 0.717) is 0 Å². The van der Waals surface area contributed by atoms with Gasteiger partial charge in [-0.15, -0.1) is 0 Å². The highest BCUT2D eigenvalue weighted by Gasteiger charge is 2.09. The van der Waals surface area contributed by atoms with Crippen molar-refractivity contribution in [3.8, 4) is 16.9 Å². The molecule has 100 valence electrons. The summed E-state index contributed by atoms with van der Waals surface area (Å²) in [4.78, 5) is 8.71. The van der Waals surface area contributed by atoms with Crippen molar-refractivity contribution in [2.24, 2.45) is 0 Å². The van der Waals surface area contributed by atoms with Gasteiger partial charge in [-0.1, -0.05) is 18.2 Å². The van der Waals surface area contributed by atoms with Gasteiger partial charge in [-0.3, -0.25) is 4.98 Å². The van der Waals surface area contributed by atoms with E-state index in [1.165, 1.54) is 0 Å². The standard InChI is InChI=1S/C15H15N5/c1-2-16-15-14(17-8-9-18-15)12-10-19-20(11-12)13-6-4-3-5-7-13/h3-11H,2H2,1H3,(H,16,18). The van der Waals surface area contributed by atoms with Crippen LogP contribution < -0.4 is 5.32 Å². The lowest BCUT2D eigenvalue weighted by atomic mass is 10.2. The van der Waals surface area contributed by atoms with Gasteiger partial charge in [-0.2, -0.15) is 5.10 Å². The van der Waals surface area contributed by atoms with Gasteiger partial charge in [0.2, 0.25) is 0 Å². The zero-order chi connectivity index (χ0) is 13.8. The van der Waals surface area contributed by atoms with Crippen molar-refractivity contribution in [1.82, 2.24) is 19.7 Å². The Morgan fingerprint density at radius 1 is 1.10 bits per heavy atom. The molecular formula is C15H15N5. The van der Waals surface area contributed by atoms with Crippen LogP contribution in [0, 0.1) is 0 Å². The Morgan fingerprint density at radius 3 is 2.70 bits per heavy atom. The van der Waals surface area contributed by atoms with Crippen molar-refractivity contribution < 1.29 is 0 Å². The SMILES string of the molecule is CCNc1nccnc1-c1cnn(-c2ccccc2)c1. The molecular weight excluding hydrogens is 250 g/mol. The number of rotatable bonds is 4. The second-order valence-electron chi connectivity index (χ2n) is 4.29. The van der Waals surface area contributed by atoms with Gasteiger partial charge < -0.3 is 5.32 Å². The molecule has 0 fully saturated rings. The quantitative estimate of drug-likeness (QED) is 0.788. The molecule has 0 radical (unpaired) electrons. The molecule has 3 rings (SSSR count). The molecule has 1 N–H and O–H groups in total. The van der Waals surface area contributed by atoms with Gasteiger partial charge >= 0.3 is 0 Å². The minimum atomic E-state index is 0.780. The summed E-state index contributed by atoms with van der Waals surface area (Å²) in [5, 5.41) is 7.60. The first kappa shape index (κ1) is 12.3. The van der Waals surface area contributed by atoms with Crippen molar-refractivity contribution in [2.75, 3.05) is 11.9 Å². The van der Waals surface area contributed by atoms with Crippen LogP contribution in [0.15, 0.2) is 55.1 Å². The fraction of sp³-hybridized carbons (Fsp3) is 0.133. The topological polar surface area (TPSA) is 55.6 Å². The highest BCUT2D eigenvalue weighted by atomic mass is 15.3. The van der Waals surface area contributed by atoms with Crippen LogP contribution in [0.5, 0.6) is 0 Å². The Balaban J connectivity index is 1.98. The predicted octanol–water partition coefficient (Wildman–Crippen LogP) is 2.76. The summed E-state index contributed by atoms with van der Waals surface area (Å²) in [6.07, 6.45) is 7.14. The van der Waals surface area contributed by atoms with E-state index in [4.69, 9.17) is 0 Å². The molecule has 0 amide bonds. The number of nitrogens with one attached hydrogen (secondary N) is 1. The lowest BCUT2D eigenvalue weighted by Crippen LogP contribution is -2.02. The second kappa shape index (κ2) is 5.52. The van der Waals surface area contributed by atoms with Crippen LogP contribution in [-0.2, 0) is 0 Å². The van der Waals surface area contributed by atoms with Crippen molar-refractivity contribution in [2.45, 2.75) is 6.92 Å². The fourth-order valence-electron chi connectivity index (χ4n) is 2.01. The molecule has 0 spiro atoms. The van der Waals surface area contributed by atoms with Crippen molar-refractivity contribution in [3.05, 3.63) is 55.1 Å². The average Bonchev–Trinajstić information content (AvgIpc) is 2.99. The molecule has 0 aliphatic rings. The zero-order valence-electron chi connectivity index (χ0n) is 11.2. The molecule has 20 heavy (non-hydrogen) atoms. The monoisotopic (exact) mass is 265 g/mol. The molecule has 5 nitrogen and oxygen atoms in total. The van der Waals surface area contributed by atoms with E-state index in [-0.39, 0.29) is 0 Å². The lowest BCUT2D eigenvalue weighted by molar-refractivity contribution is 0.880. The van der Waals surface area contributed by atoms with Crippen LogP contribution in [0.1, 0.15) is 6.92 Å². The number of aromatic nitrogens is 4. The van der Waals surface area contributed by atoms with Gasteiger partial charge in [0.25, 0.3) is 0 Å². The Bertz CT molecular complexity index is 690. The van der Waals surface area contributed by atoms with Gasteiger partial charge in [0.15, 0.2) is 5.82 Å². The van der Waals surface area contributed by atoms with Crippen LogP contribution in [0.2, 0.25) is 0 Å². The molecule has 0 atom stereocenters. The van der Waals surface area contributed by atoms with E-state index in [0.717, 1.165) is 29.3 Å². The molecule has 3 aromatic rings. The maximum atomic E-state index is 4.40. The number of anilines is 1. The van der Waals surface area contributed by atoms with E-state index < -0.39 is 0 Å². The van der Waals surface area contributed by atoms with Gasteiger partial charge in [0.1, 0.15) is 5.69 Å². The summed E-state index contributed by atoms with van der Waals surface area (Å²) in [5.41, 5.74) is 2.78. The van der Waals surface area contributed by atoms with Crippen LogP contribution in [-0.4, -0.2) is 26.3 Å². The van der Waals surface area contributed by atoms with Gasteiger partial charge in [0.05, 0.1) is 11.9 Å². The molecule has 0 saturated heterocycles. The summed E-state index contributed by atoms with van der Waals surface area (Å²) < 4.78 is 1.83. The Hall–Kier alpha value is -2.69. The number of nitrogens with zero attached hydrogens (tertiary/aromatic N) is 4. The van der Waals surface area contributed by atoms with E-state index in [9.17, 15) is 0 Å². The van der Waals surface area contributed by atoms with Gasteiger partial charge in [-0.25, -0.2) is 9.67 Å². The number of para-hydroxylation sites is 1. The summed E-state index contributed by atoms with van der Waals surface area (Å²) >= 11 is 0.